The molecule has 0 radical (unpaired) electrons. The number of hydrogen-bond acceptors (Lipinski definition) is 3. The van der Waals surface area contributed by atoms with Crippen molar-refractivity contribution in [2.45, 2.75) is 26.4 Å². The normalized spacial score (nSPS) is 9.95. The quantitative estimate of drug-likeness (QED) is 0.800. The number of aryl methyl sites for hydroxylation is 1. The molecule has 0 amide bonds. The zero-order valence-electron chi connectivity index (χ0n) is 12.4. The van der Waals surface area contributed by atoms with E-state index in [0.717, 1.165) is 24.2 Å². The van der Waals surface area contributed by atoms with Gasteiger partial charge in [0.2, 0.25) is 0 Å². The zero-order valence-corrected chi connectivity index (χ0v) is 12.4. The second-order valence-corrected chi connectivity index (χ2v) is 4.83. The minimum absolute atomic E-state index is 0.454. The SMILES string of the molecule is CCCc1ccc(OCc2ccc(C#N)c(OC)c2)cc1. The van der Waals surface area contributed by atoms with Crippen LogP contribution in [0.15, 0.2) is 42.5 Å². The van der Waals surface area contributed by atoms with Crippen LogP contribution in [0.25, 0.3) is 0 Å². The summed E-state index contributed by atoms with van der Waals surface area (Å²) >= 11 is 0. The van der Waals surface area contributed by atoms with Gasteiger partial charge in [0.1, 0.15) is 24.2 Å². The number of nitriles is 1. The Labute approximate surface area is 125 Å². The van der Waals surface area contributed by atoms with E-state index in [1.165, 1.54) is 5.56 Å². The number of benzene rings is 2. The first kappa shape index (κ1) is 14.9. The molecule has 2 aromatic rings. The minimum atomic E-state index is 0.454. The van der Waals surface area contributed by atoms with Crippen molar-refractivity contribution >= 4 is 0 Å². The van der Waals surface area contributed by atoms with Gasteiger partial charge >= 0.3 is 0 Å². The van der Waals surface area contributed by atoms with Crippen LogP contribution < -0.4 is 9.47 Å². The van der Waals surface area contributed by atoms with E-state index in [9.17, 15) is 0 Å². The number of nitrogens with zero attached hydrogens (tertiary/aromatic N) is 1. The van der Waals surface area contributed by atoms with Crippen LogP contribution in [0.5, 0.6) is 11.5 Å². The summed E-state index contributed by atoms with van der Waals surface area (Å²) in [4.78, 5) is 0. The monoisotopic (exact) mass is 281 g/mol. The predicted octanol–water partition coefficient (Wildman–Crippen LogP) is 4.10. The highest BCUT2D eigenvalue weighted by molar-refractivity contribution is 5.45. The Kier molecular flexibility index (Phi) is 5.22. The molecule has 0 aliphatic rings. The first-order valence-corrected chi connectivity index (χ1v) is 7.05. The lowest BCUT2D eigenvalue weighted by Gasteiger charge is -2.09. The van der Waals surface area contributed by atoms with Crippen molar-refractivity contribution in [3.8, 4) is 17.6 Å². The van der Waals surface area contributed by atoms with Crippen LogP contribution in [0.4, 0.5) is 0 Å². The third kappa shape index (κ3) is 4.00. The van der Waals surface area contributed by atoms with E-state index in [4.69, 9.17) is 14.7 Å². The summed E-state index contributed by atoms with van der Waals surface area (Å²) in [5, 5.41) is 8.96. The molecule has 0 aliphatic heterocycles. The fourth-order valence-electron chi connectivity index (χ4n) is 2.13. The van der Waals surface area contributed by atoms with Gasteiger partial charge < -0.3 is 9.47 Å². The Hall–Kier alpha value is -2.47. The van der Waals surface area contributed by atoms with Crippen LogP contribution >= 0.6 is 0 Å². The van der Waals surface area contributed by atoms with E-state index in [1.807, 2.05) is 24.3 Å². The Bertz CT molecular complexity index is 627. The van der Waals surface area contributed by atoms with Crippen molar-refractivity contribution in [2.75, 3.05) is 7.11 Å². The molecule has 108 valence electrons. The van der Waals surface area contributed by atoms with E-state index < -0.39 is 0 Å². The maximum absolute atomic E-state index is 8.96. The summed E-state index contributed by atoms with van der Waals surface area (Å²) in [5.41, 5.74) is 2.83. The van der Waals surface area contributed by atoms with Crippen molar-refractivity contribution < 1.29 is 9.47 Å². The van der Waals surface area contributed by atoms with Crippen molar-refractivity contribution in [1.82, 2.24) is 0 Å². The predicted molar refractivity (Wildman–Crippen MR) is 82.5 cm³/mol. The Morgan fingerprint density at radius 3 is 2.38 bits per heavy atom. The summed E-state index contributed by atoms with van der Waals surface area (Å²) in [6.07, 6.45) is 2.23. The highest BCUT2D eigenvalue weighted by Gasteiger charge is 2.04. The first-order chi connectivity index (χ1) is 10.3. The molecule has 0 N–H and O–H groups in total. The van der Waals surface area contributed by atoms with Gasteiger partial charge in [0.25, 0.3) is 0 Å². The molecule has 3 nitrogen and oxygen atoms in total. The van der Waals surface area contributed by atoms with Crippen molar-refractivity contribution in [2.24, 2.45) is 0 Å². The van der Waals surface area contributed by atoms with Gasteiger partial charge in [-0.3, -0.25) is 0 Å². The fraction of sp³-hybridized carbons (Fsp3) is 0.278. The van der Waals surface area contributed by atoms with Gasteiger partial charge in [-0.2, -0.15) is 5.26 Å². The summed E-state index contributed by atoms with van der Waals surface area (Å²) in [6.45, 7) is 2.62. The lowest BCUT2D eigenvalue weighted by Crippen LogP contribution is -1.97. The maximum atomic E-state index is 8.96. The number of methoxy groups -OCH3 is 1. The molecule has 3 heteroatoms. The second kappa shape index (κ2) is 7.35. The molecule has 0 heterocycles. The third-order valence-corrected chi connectivity index (χ3v) is 3.25. The lowest BCUT2D eigenvalue weighted by molar-refractivity contribution is 0.305. The van der Waals surface area contributed by atoms with Crippen LogP contribution in [0.1, 0.15) is 30.0 Å². The summed E-state index contributed by atoms with van der Waals surface area (Å²) in [7, 11) is 1.56. The molecule has 0 saturated carbocycles. The van der Waals surface area contributed by atoms with Crippen molar-refractivity contribution in [3.63, 3.8) is 0 Å². The van der Waals surface area contributed by atoms with Crippen LogP contribution in [0.3, 0.4) is 0 Å². The largest absolute Gasteiger partial charge is 0.495 e. The molecule has 2 rings (SSSR count). The number of rotatable bonds is 6. The highest BCUT2D eigenvalue weighted by Crippen LogP contribution is 2.21. The third-order valence-electron chi connectivity index (χ3n) is 3.25. The van der Waals surface area contributed by atoms with Crippen LogP contribution in [0, 0.1) is 11.3 Å². The van der Waals surface area contributed by atoms with Gasteiger partial charge in [0, 0.05) is 0 Å². The minimum Gasteiger partial charge on any atom is -0.495 e. The maximum Gasteiger partial charge on any atom is 0.137 e. The zero-order chi connectivity index (χ0) is 15.1. The van der Waals surface area contributed by atoms with Gasteiger partial charge in [0.05, 0.1) is 12.7 Å². The smallest absolute Gasteiger partial charge is 0.137 e. The van der Waals surface area contributed by atoms with Gasteiger partial charge in [-0.1, -0.05) is 31.5 Å². The topological polar surface area (TPSA) is 42.2 Å². The Morgan fingerprint density at radius 1 is 1.05 bits per heavy atom. The van der Waals surface area contributed by atoms with E-state index in [1.54, 1.807) is 13.2 Å². The van der Waals surface area contributed by atoms with Gasteiger partial charge in [-0.25, -0.2) is 0 Å². The molecule has 0 aromatic heterocycles. The van der Waals surface area contributed by atoms with E-state index in [-0.39, 0.29) is 0 Å². The van der Waals surface area contributed by atoms with Gasteiger partial charge in [0.15, 0.2) is 0 Å². The molecule has 0 saturated heterocycles. The van der Waals surface area contributed by atoms with E-state index >= 15 is 0 Å². The second-order valence-electron chi connectivity index (χ2n) is 4.83. The number of ether oxygens (including phenoxy) is 2. The van der Waals surface area contributed by atoms with Crippen molar-refractivity contribution in [1.29, 1.82) is 5.26 Å². The molecule has 0 bridgehead atoms. The summed E-state index contributed by atoms with van der Waals surface area (Å²) < 4.78 is 11.0. The standard InChI is InChI=1S/C18H19NO2/c1-3-4-14-6-9-17(10-7-14)21-13-15-5-8-16(12-19)18(11-15)20-2/h5-11H,3-4,13H2,1-2H3. The van der Waals surface area contributed by atoms with E-state index in [2.05, 4.69) is 25.1 Å². The first-order valence-electron chi connectivity index (χ1n) is 7.05. The molecule has 0 fully saturated rings. The average Bonchev–Trinajstić information content (AvgIpc) is 2.54. The van der Waals surface area contributed by atoms with Gasteiger partial charge in [-0.15, -0.1) is 0 Å². The summed E-state index contributed by atoms with van der Waals surface area (Å²) in [5.74, 6) is 1.43. The molecule has 0 aliphatic carbocycles. The molecule has 0 atom stereocenters. The Balaban J connectivity index is 2.01. The molecule has 21 heavy (non-hydrogen) atoms. The fourth-order valence-corrected chi connectivity index (χ4v) is 2.13. The van der Waals surface area contributed by atoms with Crippen molar-refractivity contribution in [3.05, 3.63) is 59.2 Å². The van der Waals surface area contributed by atoms with Gasteiger partial charge in [-0.05, 0) is 41.8 Å². The highest BCUT2D eigenvalue weighted by atomic mass is 16.5. The molecular weight excluding hydrogens is 262 g/mol. The average molecular weight is 281 g/mol. The summed E-state index contributed by atoms with van der Waals surface area (Å²) in [6, 6.07) is 15.7. The number of hydrogen-bond donors (Lipinski definition) is 0. The van der Waals surface area contributed by atoms with Crippen LogP contribution in [-0.2, 0) is 13.0 Å². The van der Waals surface area contributed by atoms with Crippen LogP contribution in [-0.4, -0.2) is 7.11 Å². The molecule has 0 unspecified atom stereocenters. The lowest BCUT2D eigenvalue weighted by atomic mass is 10.1. The molecule has 2 aromatic carbocycles. The molecular formula is C18H19NO2. The Morgan fingerprint density at radius 2 is 1.76 bits per heavy atom. The molecule has 0 spiro atoms. The van der Waals surface area contributed by atoms with Crippen LogP contribution in [0.2, 0.25) is 0 Å². The van der Waals surface area contributed by atoms with E-state index in [0.29, 0.717) is 17.9 Å².